The first-order valence-electron chi connectivity index (χ1n) is 8.32. The molecule has 0 aliphatic heterocycles. The number of non-ortho nitro benzene ring substituents is 1. The molecule has 0 unspecified atom stereocenters. The van der Waals surface area contributed by atoms with Crippen molar-refractivity contribution in [1.29, 1.82) is 0 Å². The van der Waals surface area contributed by atoms with E-state index < -0.39 is 0 Å². The summed E-state index contributed by atoms with van der Waals surface area (Å²) in [5, 5.41) is 10.6. The van der Waals surface area contributed by atoms with Crippen LogP contribution in [0.4, 0.5) is 5.69 Å². The third-order valence-electron chi connectivity index (χ3n) is 4.45. The van der Waals surface area contributed by atoms with Gasteiger partial charge in [0.25, 0.3) is 5.69 Å². The van der Waals surface area contributed by atoms with Gasteiger partial charge in [0.15, 0.2) is 0 Å². The predicted octanol–water partition coefficient (Wildman–Crippen LogP) is 4.23. The summed E-state index contributed by atoms with van der Waals surface area (Å²) in [6.07, 6.45) is 7.82. The molecule has 0 amide bonds. The van der Waals surface area contributed by atoms with Crippen LogP contribution in [0.25, 0.3) is 6.08 Å². The van der Waals surface area contributed by atoms with Crippen LogP contribution in [0.15, 0.2) is 48.5 Å². The van der Waals surface area contributed by atoms with Gasteiger partial charge in [-0.1, -0.05) is 30.4 Å². The Morgan fingerprint density at radius 3 is 2.62 bits per heavy atom. The molecular formula is C20H22N2O2. The molecule has 0 spiro atoms. The molecule has 0 bridgehead atoms. The van der Waals surface area contributed by atoms with E-state index in [1.165, 1.54) is 48.1 Å². The highest BCUT2D eigenvalue weighted by atomic mass is 16.6. The number of aryl methyl sites for hydroxylation is 2. The van der Waals surface area contributed by atoms with Crippen molar-refractivity contribution >= 4 is 11.8 Å². The van der Waals surface area contributed by atoms with Crippen LogP contribution in [0.2, 0.25) is 0 Å². The number of hydrogen-bond acceptors (Lipinski definition) is 3. The van der Waals surface area contributed by atoms with Crippen LogP contribution in [-0.4, -0.2) is 23.4 Å². The normalized spacial score (nSPS) is 13.6. The lowest BCUT2D eigenvalue weighted by molar-refractivity contribution is -0.384. The lowest BCUT2D eigenvalue weighted by atomic mass is 10.1. The topological polar surface area (TPSA) is 46.4 Å². The average molecular weight is 322 g/mol. The fraction of sp³-hybridized carbons (Fsp3) is 0.300. The molecule has 24 heavy (non-hydrogen) atoms. The van der Waals surface area contributed by atoms with Gasteiger partial charge in [-0.25, -0.2) is 0 Å². The summed E-state index contributed by atoms with van der Waals surface area (Å²) in [6.45, 7) is 1.77. The minimum atomic E-state index is -0.377. The van der Waals surface area contributed by atoms with Gasteiger partial charge in [0, 0.05) is 25.2 Å². The highest BCUT2D eigenvalue weighted by Crippen LogP contribution is 2.23. The lowest BCUT2D eigenvalue weighted by Crippen LogP contribution is -2.17. The van der Waals surface area contributed by atoms with Gasteiger partial charge in [-0.15, -0.1) is 0 Å². The van der Waals surface area contributed by atoms with Crippen LogP contribution in [0.1, 0.15) is 28.7 Å². The zero-order valence-corrected chi connectivity index (χ0v) is 13.9. The SMILES string of the molecule is CN(C/C=C/c1ccc([N+](=O)[O-])cc1)Cc1ccc2c(c1)CCC2. The molecule has 2 aromatic carbocycles. The van der Waals surface area contributed by atoms with Crippen molar-refractivity contribution in [3.8, 4) is 0 Å². The Bertz CT molecular complexity index is 751. The molecule has 124 valence electrons. The van der Waals surface area contributed by atoms with Gasteiger partial charge in [0.05, 0.1) is 4.92 Å². The number of benzene rings is 2. The van der Waals surface area contributed by atoms with Gasteiger partial charge in [-0.05, 0) is 60.7 Å². The van der Waals surface area contributed by atoms with Crippen LogP contribution in [0, 0.1) is 10.1 Å². The van der Waals surface area contributed by atoms with E-state index in [1.54, 1.807) is 12.1 Å². The van der Waals surface area contributed by atoms with E-state index in [4.69, 9.17) is 0 Å². The molecule has 1 aliphatic carbocycles. The zero-order chi connectivity index (χ0) is 16.9. The highest BCUT2D eigenvalue weighted by molar-refractivity contribution is 5.51. The fourth-order valence-electron chi connectivity index (χ4n) is 3.18. The summed E-state index contributed by atoms with van der Waals surface area (Å²) in [7, 11) is 2.10. The Labute approximate surface area is 142 Å². The average Bonchev–Trinajstić information content (AvgIpc) is 3.03. The Hall–Kier alpha value is -2.46. The van der Waals surface area contributed by atoms with Crippen LogP contribution in [-0.2, 0) is 19.4 Å². The third kappa shape index (κ3) is 4.09. The summed E-state index contributed by atoms with van der Waals surface area (Å²) in [5.41, 5.74) is 5.50. The highest BCUT2D eigenvalue weighted by Gasteiger charge is 2.11. The second-order valence-corrected chi connectivity index (χ2v) is 6.40. The van der Waals surface area contributed by atoms with E-state index in [0.29, 0.717) is 0 Å². The Balaban J connectivity index is 1.53. The molecule has 0 saturated carbocycles. The number of hydrogen-bond donors (Lipinski definition) is 0. The molecular weight excluding hydrogens is 300 g/mol. The second kappa shape index (κ2) is 7.41. The van der Waals surface area contributed by atoms with Crippen molar-refractivity contribution in [1.82, 2.24) is 4.90 Å². The van der Waals surface area contributed by atoms with Gasteiger partial charge < -0.3 is 0 Å². The van der Waals surface area contributed by atoms with E-state index in [0.717, 1.165) is 18.7 Å². The maximum absolute atomic E-state index is 10.6. The van der Waals surface area contributed by atoms with Crippen molar-refractivity contribution in [2.75, 3.05) is 13.6 Å². The lowest BCUT2D eigenvalue weighted by Gasteiger charge is -2.15. The largest absolute Gasteiger partial charge is 0.298 e. The van der Waals surface area contributed by atoms with Crippen LogP contribution >= 0.6 is 0 Å². The minimum absolute atomic E-state index is 0.126. The molecule has 1 aliphatic rings. The molecule has 4 nitrogen and oxygen atoms in total. The first-order valence-corrected chi connectivity index (χ1v) is 8.32. The number of nitro groups is 1. The zero-order valence-electron chi connectivity index (χ0n) is 13.9. The van der Waals surface area contributed by atoms with Gasteiger partial charge in [-0.3, -0.25) is 15.0 Å². The maximum Gasteiger partial charge on any atom is 0.269 e. The van der Waals surface area contributed by atoms with E-state index in [1.807, 2.05) is 6.08 Å². The summed E-state index contributed by atoms with van der Waals surface area (Å²) >= 11 is 0. The standard InChI is InChI=1S/C20H22N2O2/c1-21(15-17-7-10-18-5-2-6-19(18)14-17)13-3-4-16-8-11-20(12-9-16)22(23)24/h3-4,7-12,14H,2,5-6,13,15H2,1H3/b4-3+. The van der Waals surface area contributed by atoms with Crippen molar-refractivity contribution in [3.63, 3.8) is 0 Å². The molecule has 0 radical (unpaired) electrons. The molecule has 4 heteroatoms. The number of nitro benzene ring substituents is 1. The van der Waals surface area contributed by atoms with Crippen molar-refractivity contribution in [2.45, 2.75) is 25.8 Å². The summed E-state index contributed by atoms with van der Waals surface area (Å²) in [4.78, 5) is 12.5. The molecule has 0 atom stereocenters. The molecule has 0 saturated heterocycles. The van der Waals surface area contributed by atoms with Gasteiger partial charge in [0.2, 0.25) is 0 Å². The Morgan fingerprint density at radius 2 is 1.88 bits per heavy atom. The first kappa shape index (κ1) is 16.4. The first-order chi connectivity index (χ1) is 11.6. The molecule has 2 aromatic rings. The molecule has 0 N–H and O–H groups in total. The van der Waals surface area contributed by atoms with Crippen LogP contribution < -0.4 is 0 Å². The van der Waals surface area contributed by atoms with Crippen LogP contribution in [0.3, 0.4) is 0 Å². The monoisotopic (exact) mass is 322 g/mol. The summed E-state index contributed by atoms with van der Waals surface area (Å²) < 4.78 is 0. The van der Waals surface area contributed by atoms with Crippen molar-refractivity contribution < 1.29 is 4.92 Å². The second-order valence-electron chi connectivity index (χ2n) is 6.40. The third-order valence-corrected chi connectivity index (χ3v) is 4.45. The predicted molar refractivity (Wildman–Crippen MR) is 96.9 cm³/mol. The Morgan fingerprint density at radius 1 is 1.12 bits per heavy atom. The van der Waals surface area contributed by atoms with Crippen molar-refractivity contribution in [2.24, 2.45) is 0 Å². The van der Waals surface area contributed by atoms with E-state index in [-0.39, 0.29) is 10.6 Å². The quantitative estimate of drug-likeness (QED) is 0.590. The van der Waals surface area contributed by atoms with Gasteiger partial charge in [0.1, 0.15) is 0 Å². The molecule has 0 aromatic heterocycles. The number of rotatable bonds is 6. The molecule has 0 fully saturated rings. The molecule has 0 heterocycles. The van der Waals surface area contributed by atoms with Gasteiger partial charge >= 0.3 is 0 Å². The smallest absolute Gasteiger partial charge is 0.269 e. The fourth-order valence-corrected chi connectivity index (χ4v) is 3.18. The van der Waals surface area contributed by atoms with Crippen molar-refractivity contribution in [3.05, 3.63) is 80.9 Å². The van der Waals surface area contributed by atoms with E-state index in [9.17, 15) is 10.1 Å². The summed E-state index contributed by atoms with van der Waals surface area (Å²) in [6, 6.07) is 13.5. The van der Waals surface area contributed by atoms with E-state index >= 15 is 0 Å². The van der Waals surface area contributed by atoms with E-state index in [2.05, 4.69) is 36.2 Å². The molecule has 3 rings (SSSR count). The number of nitrogens with zero attached hydrogens (tertiary/aromatic N) is 2. The number of likely N-dealkylation sites (N-methyl/N-ethyl adjacent to an activating group) is 1. The maximum atomic E-state index is 10.6. The minimum Gasteiger partial charge on any atom is -0.298 e. The number of fused-ring (bicyclic) bond motifs is 1. The van der Waals surface area contributed by atoms with Crippen LogP contribution in [0.5, 0.6) is 0 Å². The summed E-state index contributed by atoms with van der Waals surface area (Å²) in [5.74, 6) is 0. The Kier molecular flexibility index (Phi) is 5.06. The van der Waals surface area contributed by atoms with Gasteiger partial charge in [-0.2, -0.15) is 0 Å².